The van der Waals surface area contributed by atoms with Crippen LogP contribution in [0.3, 0.4) is 0 Å². The third kappa shape index (κ3) is 2.58. The van der Waals surface area contributed by atoms with E-state index in [1.807, 2.05) is 20.8 Å². The maximum atomic E-state index is 13.9. The molecule has 1 N–H and O–H groups in total. The largest absolute Gasteiger partial charge is 0.388 e. The molecule has 1 nitrogen and oxygen atoms in total. The lowest BCUT2D eigenvalue weighted by atomic mass is 9.84. The molecule has 1 unspecified atom stereocenters. The first kappa shape index (κ1) is 12.7. The highest BCUT2D eigenvalue weighted by Crippen LogP contribution is 2.38. The van der Waals surface area contributed by atoms with Gasteiger partial charge >= 0.3 is 0 Å². The summed E-state index contributed by atoms with van der Waals surface area (Å²) in [6.45, 7) is 7.34. The number of aliphatic hydroxyl groups is 1. The molecule has 0 heterocycles. The summed E-state index contributed by atoms with van der Waals surface area (Å²) in [5.41, 5.74) is 0.524. The summed E-state index contributed by atoms with van der Waals surface area (Å²) in [6.07, 6.45) is -0.813. The predicted octanol–water partition coefficient (Wildman–Crippen LogP) is 3.98. The second-order valence-electron chi connectivity index (χ2n) is 4.86. The van der Waals surface area contributed by atoms with Crippen LogP contribution in [0.5, 0.6) is 0 Å². The summed E-state index contributed by atoms with van der Waals surface area (Å²) in [6, 6.07) is 3.46. The number of aryl methyl sites for hydroxylation is 1. The normalized spacial score (nSPS) is 14.1. The number of hydrogen-bond acceptors (Lipinski definition) is 1. The Hall–Kier alpha value is -0.410. The van der Waals surface area contributed by atoms with Crippen molar-refractivity contribution in [3.05, 3.63) is 33.5 Å². The molecule has 15 heavy (non-hydrogen) atoms. The maximum absolute atomic E-state index is 13.9. The molecular weight excluding hydrogens is 259 g/mol. The highest BCUT2D eigenvalue weighted by Gasteiger charge is 2.28. The molecule has 1 rings (SSSR count). The lowest BCUT2D eigenvalue weighted by Crippen LogP contribution is -2.19. The molecule has 0 saturated carbocycles. The molecule has 0 aromatic heterocycles. The van der Waals surface area contributed by atoms with Gasteiger partial charge in [0.05, 0.1) is 6.10 Å². The molecule has 0 aliphatic rings. The third-order valence-corrected chi connectivity index (χ3v) is 3.10. The van der Waals surface area contributed by atoms with E-state index in [9.17, 15) is 9.50 Å². The van der Waals surface area contributed by atoms with Crippen LogP contribution in [0, 0.1) is 18.2 Å². The van der Waals surface area contributed by atoms with Crippen LogP contribution in [-0.4, -0.2) is 5.11 Å². The van der Waals surface area contributed by atoms with Crippen molar-refractivity contribution in [2.45, 2.75) is 33.8 Å². The van der Waals surface area contributed by atoms with Gasteiger partial charge in [0, 0.05) is 10.0 Å². The quantitative estimate of drug-likeness (QED) is 0.822. The fourth-order valence-corrected chi connectivity index (χ4v) is 1.89. The van der Waals surface area contributed by atoms with Crippen LogP contribution < -0.4 is 0 Å². The highest BCUT2D eigenvalue weighted by molar-refractivity contribution is 9.10. The van der Waals surface area contributed by atoms with Crippen molar-refractivity contribution in [1.29, 1.82) is 0 Å². The zero-order valence-corrected chi connectivity index (χ0v) is 11.0. The maximum Gasteiger partial charge on any atom is 0.133 e. The van der Waals surface area contributed by atoms with Gasteiger partial charge in [-0.25, -0.2) is 4.39 Å². The van der Waals surface area contributed by atoms with Crippen molar-refractivity contribution >= 4 is 15.9 Å². The molecule has 0 aliphatic heterocycles. The molecule has 0 saturated heterocycles. The van der Waals surface area contributed by atoms with Crippen molar-refractivity contribution in [2.24, 2.45) is 5.41 Å². The minimum absolute atomic E-state index is 0.327. The summed E-state index contributed by atoms with van der Waals surface area (Å²) in [5, 5.41) is 10.1. The van der Waals surface area contributed by atoms with Crippen LogP contribution in [0.15, 0.2) is 16.6 Å². The average Bonchev–Trinajstić information content (AvgIpc) is 2.10. The molecular formula is C12H16BrFO. The second kappa shape index (κ2) is 4.22. The Kier molecular flexibility index (Phi) is 3.56. The molecule has 0 aliphatic carbocycles. The molecule has 1 aromatic rings. The molecule has 1 atom stereocenters. The molecule has 3 heteroatoms. The fraction of sp³-hybridized carbons (Fsp3) is 0.500. The third-order valence-electron chi connectivity index (χ3n) is 2.41. The minimum atomic E-state index is -0.813. The summed E-state index contributed by atoms with van der Waals surface area (Å²) in [7, 11) is 0. The lowest BCUT2D eigenvalue weighted by molar-refractivity contribution is 0.0587. The van der Waals surface area contributed by atoms with Gasteiger partial charge in [0.25, 0.3) is 0 Å². The summed E-state index contributed by atoms with van der Waals surface area (Å²) in [5.74, 6) is -0.327. The van der Waals surface area contributed by atoms with E-state index in [2.05, 4.69) is 15.9 Å². The Morgan fingerprint density at radius 1 is 1.33 bits per heavy atom. The number of halogens is 2. The van der Waals surface area contributed by atoms with E-state index in [0.717, 1.165) is 0 Å². The van der Waals surface area contributed by atoms with E-state index in [1.165, 1.54) is 0 Å². The first-order valence-corrected chi connectivity index (χ1v) is 5.67. The Balaban J connectivity index is 3.31. The van der Waals surface area contributed by atoms with E-state index in [0.29, 0.717) is 15.6 Å². The van der Waals surface area contributed by atoms with E-state index in [1.54, 1.807) is 19.1 Å². The van der Waals surface area contributed by atoms with Crippen molar-refractivity contribution < 1.29 is 9.50 Å². The van der Waals surface area contributed by atoms with Gasteiger partial charge in [0.2, 0.25) is 0 Å². The molecule has 0 spiro atoms. The zero-order valence-electron chi connectivity index (χ0n) is 9.44. The van der Waals surface area contributed by atoms with Gasteiger partial charge in [-0.15, -0.1) is 0 Å². The first-order chi connectivity index (χ1) is 6.75. The van der Waals surface area contributed by atoms with E-state index < -0.39 is 6.10 Å². The highest BCUT2D eigenvalue weighted by atomic mass is 79.9. The van der Waals surface area contributed by atoms with Crippen molar-refractivity contribution in [3.63, 3.8) is 0 Å². The van der Waals surface area contributed by atoms with Gasteiger partial charge < -0.3 is 5.11 Å². The molecule has 0 fully saturated rings. The first-order valence-electron chi connectivity index (χ1n) is 4.87. The van der Waals surface area contributed by atoms with Gasteiger partial charge in [0.15, 0.2) is 0 Å². The Morgan fingerprint density at radius 3 is 2.33 bits per heavy atom. The van der Waals surface area contributed by atoms with Crippen LogP contribution >= 0.6 is 15.9 Å². The monoisotopic (exact) mass is 274 g/mol. The molecule has 0 amide bonds. The van der Waals surface area contributed by atoms with Crippen LogP contribution in [0.2, 0.25) is 0 Å². The van der Waals surface area contributed by atoms with Gasteiger partial charge in [-0.2, -0.15) is 0 Å². The molecule has 1 aromatic carbocycles. The average molecular weight is 275 g/mol. The summed E-state index contributed by atoms with van der Waals surface area (Å²) in [4.78, 5) is 0. The van der Waals surface area contributed by atoms with E-state index >= 15 is 0 Å². The van der Waals surface area contributed by atoms with Gasteiger partial charge in [-0.05, 0) is 24.0 Å². The van der Waals surface area contributed by atoms with E-state index in [-0.39, 0.29) is 11.2 Å². The van der Waals surface area contributed by atoms with Crippen molar-refractivity contribution in [2.75, 3.05) is 0 Å². The molecule has 0 radical (unpaired) electrons. The number of hydrogen-bond donors (Lipinski definition) is 1. The van der Waals surface area contributed by atoms with Crippen molar-refractivity contribution in [3.8, 4) is 0 Å². The predicted molar refractivity (Wildman–Crippen MR) is 63.3 cm³/mol. The number of benzene rings is 1. The van der Waals surface area contributed by atoms with Crippen LogP contribution in [0.4, 0.5) is 4.39 Å². The molecule has 0 bridgehead atoms. The fourth-order valence-electron chi connectivity index (χ4n) is 1.36. The Morgan fingerprint density at radius 2 is 1.87 bits per heavy atom. The number of aliphatic hydroxyl groups excluding tert-OH is 1. The summed E-state index contributed by atoms with van der Waals surface area (Å²) < 4.78 is 14.5. The molecule has 84 valence electrons. The van der Waals surface area contributed by atoms with Gasteiger partial charge in [-0.1, -0.05) is 42.8 Å². The Bertz CT molecular complexity index is 369. The zero-order chi connectivity index (χ0) is 11.8. The Labute approximate surface area is 98.4 Å². The summed E-state index contributed by atoms with van der Waals surface area (Å²) >= 11 is 3.27. The smallest absolute Gasteiger partial charge is 0.133 e. The number of rotatable bonds is 1. The lowest BCUT2D eigenvalue weighted by Gasteiger charge is -2.27. The van der Waals surface area contributed by atoms with E-state index in [4.69, 9.17) is 0 Å². The van der Waals surface area contributed by atoms with Gasteiger partial charge in [0.1, 0.15) is 5.82 Å². The minimum Gasteiger partial charge on any atom is -0.388 e. The van der Waals surface area contributed by atoms with Gasteiger partial charge in [-0.3, -0.25) is 0 Å². The SMILES string of the molecule is Cc1ccc(Br)c(C(O)C(C)(C)C)c1F. The van der Waals surface area contributed by atoms with Crippen LogP contribution in [-0.2, 0) is 0 Å². The van der Waals surface area contributed by atoms with Crippen molar-refractivity contribution in [1.82, 2.24) is 0 Å². The second-order valence-corrected chi connectivity index (χ2v) is 5.71. The topological polar surface area (TPSA) is 20.2 Å². The standard InChI is InChI=1S/C12H16BrFO/c1-7-5-6-8(13)9(10(7)14)11(15)12(2,3)4/h5-6,11,15H,1-4H3. The van der Waals surface area contributed by atoms with Crippen LogP contribution in [0.1, 0.15) is 38.0 Å². The van der Waals surface area contributed by atoms with Crippen LogP contribution in [0.25, 0.3) is 0 Å².